The molecular weight excluding hydrogens is 226 g/mol. The van der Waals surface area contributed by atoms with E-state index in [0.717, 1.165) is 13.0 Å². The van der Waals surface area contributed by atoms with E-state index >= 15 is 0 Å². The van der Waals surface area contributed by atoms with Crippen molar-refractivity contribution in [3.05, 3.63) is 17.0 Å². The number of rotatable bonds is 5. The van der Waals surface area contributed by atoms with Crippen molar-refractivity contribution < 1.29 is 5.11 Å². The first-order valence-corrected chi connectivity index (χ1v) is 5.75. The zero-order valence-electron chi connectivity index (χ0n) is 9.94. The van der Waals surface area contributed by atoms with Crippen molar-refractivity contribution in [2.45, 2.75) is 26.9 Å². The molecule has 1 N–H and O–H groups in total. The van der Waals surface area contributed by atoms with E-state index in [-0.39, 0.29) is 6.61 Å². The number of nitrogens with zero attached hydrogens (tertiary/aromatic N) is 3. The van der Waals surface area contributed by atoms with Gasteiger partial charge in [0.1, 0.15) is 17.3 Å². The van der Waals surface area contributed by atoms with Gasteiger partial charge in [-0.3, -0.25) is 0 Å². The van der Waals surface area contributed by atoms with Crippen molar-refractivity contribution in [2.75, 3.05) is 18.5 Å². The lowest BCUT2D eigenvalue weighted by Gasteiger charge is -2.21. The van der Waals surface area contributed by atoms with E-state index < -0.39 is 0 Å². The third-order valence-corrected chi connectivity index (χ3v) is 2.76. The van der Waals surface area contributed by atoms with Crippen LogP contribution >= 0.6 is 11.6 Å². The predicted octanol–water partition coefficient (Wildman–Crippen LogP) is 2.10. The fourth-order valence-electron chi connectivity index (χ4n) is 1.40. The molecule has 1 aromatic heterocycles. The van der Waals surface area contributed by atoms with Crippen LogP contribution in [0.3, 0.4) is 0 Å². The van der Waals surface area contributed by atoms with Gasteiger partial charge >= 0.3 is 0 Å². The molecule has 0 spiro atoms. The summed E-state index contributed by atoms with van der Waals surface area (Å²) in [6.45, 7) is 5.10. The van der Waals surface area contributed by atoms with Crippen LogP contribution in [-0.4, -0.2) is 28.7 Å². The van der Waals surface area contributed by atoms with Crippen LogP contribution in [-0.2, 0) is 6.61 Å². The van der Waals surface area contributed by atoms with Gasteiger partial charge in [0.05, 0.1) is 12.2 Å². The highest BCUT2D eigenvalue weighted by atomic mass is 35.5. The first-order chi connectivity index (χ1) is 7.56. The summed E-state index contributed by atoms with van der Waals surface area (Å²) in [5.41, 5.74) is 0.593. The Morgan fingerprint density at radius 2 is 2.12 bits per heavy atom. The molecule has 0 aliphatic rings. The van der Waals surface area contributed by atoms with Crippen LogP contribution in [0.1, 0.15) is 25.8 Å². The van der Waals surface area contributed by atoms with Crippen LogP contribution in [0.15, 0.2) is 6.33 Å². The van der Waals surface area contributed by atoms with Crippen LogP contribution in [0.2, 0.25) is 5.15 Å². The standard InChI is InChI=1S/C11H18ClN3O/c1-8(2)4-5-15(3)11-9(6-16)10(12)13-7-14-11/h7-8,16H,4-6H2,1-3H3. The molecule has 4 nitrogen and oxygen atoms in total. The number of aliphatic hydroxyl groups is 1. The second kappa shape index (κ2) is 6.01. The molecule has 0 atom stereocenters. The van der Waals surface area contributed by atoms with E-state index in [1.165, 1.54) is 6.33 Å². The SMILES string of the molecule is CC(C)CCN(C)c1ncnc(Cl)c1CO. The summed E-state index contributed by atoms with van der Waals surface area (Å²) < 4.78 is 0. The summed E-state index contributed by atoms with van der Waals surface area (Å²) in [7, 11) is 1.94. The fraction of sp³-hybridized carbons (Fsp3) is 0.636. The van der Waals surface area contributed by atoms with Gasteiger partial charge in [-0.1, -0.05) is 25.4 Å². The highest BCUT2D eigenvalue weighted by Gasteiger charge is 2.12. The second-order valence-corrected chi connectivity index (χ2v) is 4.59. The van der Waals surface area contributed by atoms with E-state index in [9.17, 15) is 5.11 Å². The first kappa shape index (κ1) is 13.2. The Morgan fingerprint density at radius 3 is 2.69 bits per heavy atom. The van der Waals surface area contributed by atoms with Gasteiger partial charge in [-0.05, 0) is 12.3 Å². The number of aliphatic hydroxyl groups excluding tert-OH is 1. The van der Waals surface area contributed by atoms with Gasteiger partial charge in [-0.15, -0.1) is 0 Å². The molecule has 0 aromatic carbocycles. The van der Waals surface area contributed by atoms with E-state index in [4.69, 9.17) is 11.6 Å². The average molecular weight is 244 g/mol. The molecule has 0 saturated heterocycles. The van der Waals surface area contributed by atoms with Crippen molar-refractivity contribution in [1.82, 2.24) is 9.97 Å². The summed E-state index contributed by atoms with van der Waals surface area (Å²) in [6, 6.07) is 0. The van der Waals surface area contributed by atoms with Gasteiger partial charge in [0.15, 0.2) is 0 Å². The minimum atomic E-state index is -0.138. The second-order valence-electron chi connectivity index (χ2n) is 4.23. The summed E-state index contributed by atoms with van der Waals surface area (Å²) >= 11 is 5.90. The molecule has 0 saturated carbocycles. The molecule has 90 valence electrons. The zero-order valence-corrected chi connectivity index (χ0v) is 10.7. The molecule has 1 rings (SSSR count). The van der Waals surface area contributed by atoms with E-state index in [0.29, 0.717) is 22.5 Å². The fourth-order valence-corrected chi connectivity index (χ4v) is 1.59. The van der Waals surface area contributed by atoms with Crippen LogP contribution in [0.4, 0.5) is 5.82 Å². The molecule has 0 unspecified atom stereocenters. The molecule has 0 fully saturated rings. The smallest absolute Gasteiger partial charge is 0.140 e. The molecule has 0 aliphatic carbocycles. The third kappa shape index (κ3) is 3.32. The molecule has 0 amide bonds. The van der Waals surface area contributed by atoms with Crippen molar-refractivity contribution in [3.63, 3.8) is 0 Å². The largest absolute Gasteiger partial charge is 0.391 e. The van der Waals surface area contributed by atoms with Gasteiger partial charge in [0.25, 0.3) is 0 Å². The summed E-state index contributed by atoms with van der Waals surface area (Å²) in [5, 5.41) is 9.56. The van der Waals surface area contributed by atoms with E-state index in [1.807, 2.05) is 11.9 Å². The molecule has 0 bridgehead atoms. The van der Waals surface area contributed by atoms with Gasteiger partial charge in [0, 0.05) is 13.6 Å². The van der Waals surface area contributed by atoms with E-state index in [2.05, 4.69) is 23.8 Å². The number of halogens is 1. The Bertz CT molecular complexity index is 344. The van der Waals surface area contributed by atoms with Crippen LogP contribution in [0.5, 0.6) is 0 Å². The zero-order chi connectivity index (χ0) is 12.1. The maximum absolute atomic E-state index is 9.23. The lowest BCUT2D eigenvalue weighted by molar-refractivity contribution is 0.281. The highest BCUT2D eigenvalue weighted by Crippen LogP contribution is 2.22. The van der Waals surface area contributed by atoms with Crippen LogP contribution < -0.4 is 4.90 Å². The van der Waals surface area contributed by atoms with Gasteiger partial charge in [-0.25, -0.2) is 9.97 Å². The molecule has 5 heteroatoms. The quantitative estimate of drug-likeness (QED) is 0.805. The minimum Gasteiger partial charge on any atom is -0.391 e. The summed E-state index contributed by atoms with van der Waals surface area (Å²) in [6.07, 6.45) is 2.49. The van der Waals surface area contributed by atoms with E-state index in [1.54, 1.807) is 0 Å². The third-order valence-electron chi connectivity index (χ3n) is 2.43. The molecule has 16 heavy (non-hydrogen) atoms. The van der Waals surface area contributed by atoms with Gasteiger partial charge < -0.3 is 10.0 Å². The first-order valence-electron chi connectivity index (χ1n) is 5.37. The maximum atomic E-state index is 9.23. The average Bonchev–Trinajstić information content (AvgIpc) is 2.25. The van der Waals surface area contributed by atoms with Gasteiger partial charge in [-0.2, -0.15) is 0 Å². The Hall–Kier alpha value is -0.870. The number of hydrogen-bond donors (Lipinski definition) is 1. The molecule has 0 aliphatic heterocycles. The topological polar surface area (TPSA) is 49.2 Å². The van der Waals surface area contributed by atoms with Crippen molar-refractivity contribution in [2.24, 2.45) is 5.92 Å². The summed E-state index contributed by atoms with van der Waals surface area (Å²) in [5.74, 6) is 1.35. The van der Waals surface area contributed by atoms with Crippen LogP contribution in [0.25, 0.3) is 0 Å². The highest BCUT2D eigenvalue weighted by molar-refractivity contribution is 6.30. The van der Waals surface area contributed by atoms with Crippen molar-refractivity contribution >= 4 is 17.4 Å². The number of anilines is 1. The van der Waals surface area contributed by atoms with Crippen LogP contribution in [0, 0.1) is 5.92 Å². The van der Waals surface area contributed by atoms with Gasteiger partial charge in [0.2, 0.25) is 0 Å². The summed E-state index contributed by atoms with van der Waals surface area (Å²) in [4.78, 5) is 10.0. The molecule has 1 heterocycles. The Balaban J connectivity index is 2.82. The Morgan fingerprint density at radius 1 is 1.44 bits per heavy atom. The maximum Gasteiger partial charge on any atom is 0.140 e. The van der Waals surface area contributed by atoms with Crippen molar-refractivity contribution in [1.29, 1.82) is 0 Å². The minimum absolute atomic E-state index is 0.138. The Kier molecular flexibility index (Phi) is 4.96. The number of aromatic nitrogens is 2. The normalized spacial score (nSPS) is 10.9. The Labute approximate surface area is 101 Å². The predicted molar refractivity (Wildman–Crippen MR) is 65.7 cm³/mol. The monoisotopic (exact) mass is 243 g/mol. The number of hydrogen-bond acceptors (Lipinski definition) is 4. The molecular formula is C11H18ClN3O. The lowest BCUT2D eigenvalue weighted by atomic mass is 10.1. The molecule has 0 radical (unpaired) electrons. The lowest BCUT2D eigenvalue weighted by Crippen LogP contribution is -2.22. The molecule has 1 aromatic rings. The van der Waals surface area contributed by atoms with Crippen molar-refractivity contribution in [3.8, 4) is 0 Å².